The molecule has 1 aromatic carbocycles. The molecule has 0 saturated carbocycles. The van der Waals surface area contributed by atoms with Crippen molar-refractivity contribution in [1.82, 2.24) is 35.3 Å². The summed E-state index contributed by atoms with van der Waals surface area (Å²) in [5.74, 6) is -0.169. The van der Waals surface area contributed by atoms with E-state index in [-0.39, 0.29) is 29.8 Å². The second-order valence-corrected chi connectivity index (χ2v) is 10.9. The Kier molecular flexibility index (Phi) is 7.46. The van der Waals surface area contributed by atoms with Gasteiger partial charge in [0.1, 0.15) is 11.6 Å². The molecule has 10 nitrogen and oxygen atoms in total. The van der Waals surface area contributed by atoms with E-state index in [0.29, 0.717) is 40.5 Å². The van der Waals surface area contributed by atoms with Gasteiger partial charge in [-0.05, 0) is 50.0 Å². The lowest BCUT2D eigenvalue weighted by Gasteiger charge is -2.33. The fraction of sp³-hybridized carbons (Fsp3) is 0.379. The lowest BCUT2D eigenvalue weighted by atomic mass is 9.96. The smallest absolute Gasteiger partial charge is 0.315 e. The Balaban J connectivity index is 1.36. The van der Waals surface area contributed by atoms with Crippen LogP contribution < -0.4 is 5.32 Å². The van der Waals surface area contributed by atoms with Gasteiger partial charge in [0.15, 0.2) is 11.5 Å². The van der Waals surface area contributed by atoms with Crippen LogP contribution in [0.3, 0.4) is 0 Å². The molecule has 2 N–H and O–H groups in total. The predicted octanol–water partition coefficient (Wildman–Crippen LogP) is 5.00. The number of aromatic amines is 1. The number of nitrogens with one attached hydrogen (secondary N) is 2. The van der Waals surface area contributed by atoms with Crippen LogP contribution in [0.1, 0.15) is 80.9 Å². The highest BCUT2D eigenvalue weighted by atomic mass is 19.1. The number of carbonyl (C=O) groups is 2. The van der Waals surface area contributed by atoms with Gasteiger partial charge in [-0.3, -0.25) is 9.59 Å². The number of halogens is 1. The Morgan fingerprint density at radius 1 is 1.23 bits per heavy atom. The zero-order chi connectivity index (χ0) is 28.4. The molecule has 11 heteroatoms. The molecule has 0 bridgehead atoms. The maximum absolute atomic E-state index is 15.2. The summed E-state index contributed by atoms with van der Waals surface area (Å²) in [6.07, 6.45) is 7.69. The minimum atomic E-state index is -0.572. The third-order valence-electron chi connectivity index (χ3n) is 6.92. The van der Waals surface area contributed by atoms with Gasteiger partial charge in [0.05, 0.1) is 11.6 Å². The first-order valence-corrected chi connectivity index (χ1v) is 13.3. The Labute approximate surface area is 231 Å². The van der Waals surface area contributed by atoms with E-state index < -0.39 is 11.7 Å². The van der Waals surface area contributed by atoms with Gasteiger partial charge in [-0.1, -0.05) is 44.1 Å². The van der Waals surface area contributed by atoms with Crippen molar-refractivity contribution in [3.8, 4) is 11.1 Å². The van der Waals surface area contributed by atoms with Gasteiger partial charge in [0, 0.05) is 35.8 Å². The molecule has 0 spiro atoms. The summed E-state index contributed by atoms with van der Waals surface area (Å²) < 4.78 is 20.2. The van der Waals surface area contributed by atoms with Crippen molar-refractivity contribution in [3.05, 3.63) is 71.5 Å². The standard InChI is InChI=1S/C29H32FN7O3/c1-5-8-22(38)37-14-7-6-9-21(37)24-33-23-19(12-13-31-25(23)34-24)17-10-11-18(20(30)15-17)16-32-26(39)27-35-28(36-40-27)29(2,3)4/h5,8,10-13,15,21H,6-7,9,14,16H2,1-4H3,(H,32,39)(H,31,33,34)/b8-5+. The number of pyridine rings is 1. The van der Waals surface area contributed by atoms with Crippen molar-refractivity contribution >= 4 is 23.0 Å². The number of rotatable bonds is 6. The number of imidazole rings is 1. The van der Waals surface area contributed by atoms with Gasteiger partial charge in [0.25, 0.3) is 0 Å². The summed E-state index contributed by atoms with van der Waals surface area (Å²) in [6.45, 7) is 8.17. The van der Waals surface area contributed by atoms with Crippen molar-refractivity contribution in [2.75, 3.05) is 6.54 Å². The normalized spacial score (nSPS) is 16.1. The summed E-state index contributed by atoms with van der Waals surface area (Å²) in [6, 6.07) is 6.45. The average Bonchev–Trinajstić information content (AvgIpc) is 3.60. The topological polar surface area (TPSA) is 130 Å². The lowest BCUT2D eigenvalue weighted by Crippen LogP contribution is -2.38. The quantitative estimate of drug-likeness (QED) is 0.326. The van der Waals surface area contributed by atoms with E-state index in [1.165, 1.54) is 6.07 Å². The molecule has 40 heavy (non-hydrogen) atoms. The van der Waals surface area contributed by atoms with Crippen LogP contribution in [0.5, 0.6) is 0 Å². The minimum absolute atomic E-state index is 0.0423. The van der Waals surface area contributed by atoms with Crippen LogP contribution in [0.15, 0.2) is 47.1 Å². The maximum atomic E-state index is 15.2. The number of amides is 2. The summed E-state index contributed by atoms with van der Waals surface area (Å²) in [7, 11) is 0. The number of hydrogen-bond donors (Lipinski definition) is 2. The van der Waals surface area contributed by atoms with E-state index >= 15 is 4.39 Å². The van der Waals surface area contributed by atoms with Crippen LogP contribution in [-0.4, -0.2) is 48.4 Å². The van der Waals surface area contributed by atoms with Crippen LogP contribution in [0.4, 0.5) is 4.39 Å². The fourth-order valence-electron chi connectivity index (χ4n) is 4.77. The molecular formula is C29H32FN7O3. The van der Waals surface area contributed by atoms with Crippen molar-refractivity contribution in [2.24, 2.45) is 0 Å². The van der Waals surface area contributed by atoms with Gasteiger partial charge >= 0.3 is 11.8 Å². The summed E-state index contributed by atoms with van der Waals surface area (Å²) in [5, 5.41) is 6.48. The van der Waals surface area contributed by atoms with E-state index in [2.05, 4.69) is 25.4 Å². The zero-order valence-corrected chi connectivity index (χ0v) is 23.0. The Hall–Kier alpha value is -4.41. The molecule has 1 fully saturated rings. The number of nitrogens with zero attached hydrogens (tertiary/aromatic N) is 5. The molecule has 1 aliphatic heterocycles. The first-order valence-electron chi connectivity index (χ1n) is 13.3. The number of H-pyrrole nitrogens is 1. The molecule has 3 aromatic heterocycles. The molecule has 208 valence electrons. The molecule has 4 heterocycles. The number of hydrogen-bond acceptors (Lipinski definition) is 7. The van der Waals surface area contributed by atoms with Gasteiger partial charge in [-0.2, -0.15) is 4.98 Å². The third-order valence-corrected chi connectivity index (χ3v) is 6.92. The third kappa shape index (κ3) is 5.49. The first kappa shape index (κ1) is 27.2. The molecule has 1 unspecified atom stereocenters. The van der Waals surface area contributed by atoms with Crippen LogP contribution >= 0.6 is 0 Å². The molecule has 5 rings (SSSR count). The molecule has 4 aromatic rings. The predicted molar refractivity (Wildman–Crippen MR) is 147 cm³/mol. The van der Waals surface area contributed by atoms with Crippen molar-refractivity contribution in [3.63, 3.8) is 0 Å². The van der Waals surface area contributed by atoms with E-state index in [9.17, 15) is 9.59 Å². The van der Waals surface area contributed by atoms with Crippen molar-refractivity contribution < 1.29 is 18.5 Å². The highest BCUT2D eigenvalue weighted by Crippen LogP contribution is 2.33. The zero-order valence-electron chi connectivity index (χ0n) is 23.0. The number of benzene rings is 1. The van der Waals surface area contributed by atoms with Crippen LogP contribution in [0.25, 0.3) is 22.3 Å². The number of fused-ring (bicyclic) bond motifs is 1. The van der Waals surface area contributed by atoms with Gasteiger partial charge in [-0.25, -0.2) is 14.4 Å². The highest BCUT2D eigenvalue weighted by molar-refractivity contribution is 5.91. The molecule has 0 radical (unpaired) electrons. The van der Waals surface area contributed by atoms with Gasteiger partial charge < -0.3 is 19.7 Å². The number of likely N-dealkylation sites (tertiary alicyclic amines) is 1. The summed E-state index contributed by atoms with van der Waals surface area (Å²) in [5.41, 5.74) is 2.49. The Bertz CT molecular complexity index is 1580. The molecule has 0 aliphatic carbocycles. The summed E-state index contributed by atoms with van der Waals surface area (Å²) >= 11 is 0. The average molecular weight is 546 g/mol. The van der Waals surface area contributed by atoms with Crippen LogP contribution in [0, 0.1) is 5.82 Å². The van der Waals surface area contributed by atoms with Crippen molar-refractivity contribution in [1.29, 1.82) is 0 Å². The van der Waals surface area contributed by atoms with E-state index in [4.69, 9.17) is 9.51 Å². The second-order valence-electron chi connectivity index (χ2n) is 10.9. The molecule has 2 amide bonds. The molecule has 1 saturated heterocycles. The number of carbonyl (C=O) groups excluding carboxylic acids is 2. The number of piperidine rings is 1. The lowest BCUT2D eigenvalue weighted by molar-refractivity contribution is -0.129. The van der Waals surface area contributed by atoms with Crippen LogP contribution in [0.2, 0.25) is 0 Å². The van der Waals surface area contributed by atoms with Gasteiger partial charge in [-0.15, -0.1) is 0 Å². The Morgan fingerprint density at radius 3 is 2.77 bits per heavy atom. The SMILES string of the molecule is C/C=C/C(=O)N1CCCCC1c1nc2nccc(-c3ccc(CNC(=O)c4nc(C(C)(C)C)no4)c(F)c3)c2[nH]1. The van der Waals surface area contributed by atoms with E-state index in [1.54, 1.807) is 36.5 Å². The van der Waals surface area contributed by atoms with Crippen molar-refractivity contribution in [2.45, 2.75) is 65.0 Å². The number of aromatic nitrogens is 5. The molecule has 1 atom stereocenters. The summed E-state index contributed by atoms with van der Waals surface area (Å²) in [4.78, 5) is 43.6. The monoisotopic (exact) mass is 545 g/mol. The van der Waals surface area contributed by atoms with Crippen LogP contribution in [-0.2, 0) is 16.8 Å². The second kappa shape index (κ2) is 11.0. The first-order chi connectivity index (χ1) is 19.2. The van der Waals surface area contributed by atoms with E-state index in [0.717, 1.165) is 24.8 Å². The Morgan fingerprint density at radius 2 is 2.05 bits per heavy atom. The number of allylic oxidation sites excluding steroid dienone is 1. The van der Waals surface area contributed by atoms with Gasteiger partial charge in [0.2, 0.25) is 5.91 Å². The maximum Gasteiger partial charge on any atom is 0.315 e. The molecule has 1 aliphatic rings. The van der Waals surface area contributed by atoms with E-state index in [1.807, 2.05) is 32.6 Å². The minimum Gasteiger partial charge on any atom is -0.344 e. The largest absolute Gasteiger partial charge is 0.344 e. The highest BCUT2D eigenvalue weighted by Gasteiger charge is 2.30. The fourth-order valence-corrected chi connectivity index (χ4v) is 4.77. The molecular weight excluding hydrogens is 513 g/mol.